The van der Waals surface area contributed by atoms with Crippen LogP contribution in [-0.2, 0) is 11.4 Å². The molecule has 0 bridgehead atoms. The molecule has 0 saturated carbocycles. The van der Waals surface area contributed by atoms with E-state index in [1.807, 2.05) is 45.8 Å². The highest BCUT2D eigenvalue weighted by molar-refractivity contribution is 5.73. The predicted molar refractivity (Wildman–Crippen MR) is 120 cm³/mol. The summed E-state index contributed by atoms with van der Waals surface area (Å²) in [6, 6.07) is 9.55. The number of hydrogen-bond acceptors (Lipinski definition) is 7. The van der Waals surface area contributed by atoms with Gasteiger partial charge in [0.2, 0.25) is 5.91 Å². The number of aliphatic hydroxyl groups is 1. The van der Waals surface area contributed by atoms with Crippen LogP contribution in [0.4, 0.5) is 5.82 Å². The van der Waals surface area contributed by atoms with Gasteiger partial charge in [0.1, 0.15) is 11.5 Å². The molecule has 0 radical (unpaired) electrons. The van der Waals surface area contributed by atoms with Crippen molar-refractivity contribution in [1.82, 2.24) is 29.2 Å². The smallest absolute Gasteiger partial charge is 0.219 e. The minimum absolute atomic E-state index is 0.0201. The van der Waals surface area contributed by atoms with Crippen LogP contribution < -0.4 is 4.90 Å². The van der Waals surface area contributed by atoms with Crippen LogP contribution in [0.3, 0.4) is 0 Å². The summed E-state index contributed by atoms with van der Waals surface area (Å²) in [5, 5.41) is 9.44. The molecule has 1 aliphatic rings. The molecule has 1 saturated heterocycles. The number of rotatable bonds is 4. The highest BCUT2D eigenvalue weighted by Gasteiger charge is 2.20. The monoisotopic (exact) mass is 429 g/mol. The molecule has 0 atom stereocenters. The quantitative estimate of drug-likeness (QED) is 0.530. The van der Waals surface area contributed by atoms with Gasteiger partial charge >= 0.3 is 0 Å². The molecular formula is C23H23N7O2. The molecule has 0 unspecified atom stereocenters. The van der Waals surface area contributed by atoms with Crippen LogP contribution in [0, 0.1) is 0 Å². The van der Waals surface area contributed by atoms with Crippen LogP contribution in [0.2, 0.25) is 0 Å². The van der Waals surface area contributed by atoms with Crippen molar-refractivity contribution in [3.63, 3.8) is 0 Å². The zero-order valence-corrected chi connectivity index (χ0v) is 17.7. The summed E-state index contributed by atoms with van der Waals surface area (Å²) < 4.78 is 1.93. The van der Waals surface area contributed by atoms with Gasteiger partial charge < -0.3 is 14.9 Å². The number of carbonyl (C=O) groups is 1. The molecule has 1 amide bonds. The molecule has 9 nitrogen and oxygen atoms in total. The molecule has 4 aromatic rings. The van der Waals surface area contributed by atoms with Crippen molar-refractivity contribution in [2.45, 2.75) is 13.5 Å². The Morgan fingerprint density at radius 3 is 2.69 bits per heavy atom. The number of imidazole rings is 1. The van der Waals surface area contributed by atoms with Crippen molar-refractivity contribution >= 4 is 17.4 Å². The second-order valence-electron chi connectivity index (χ2n) is 7.73. The van der Waals surface area contributed by atoms with Gasteiger partial charge in [0.25, 0.3) is 0 Å². The van der Waals surface area contributed by atoms with E-state index < -0.39 is 0 Å². The maximum atomic E-state index is 11.6. The SMILES string of the molecule is CC(=O)N1CCN(c2ccnc(-c3cnc4cnc(-c5cccc(CO)c5)cn34)n2)CC1. The van der Waals surface area contributed by atoms with Gasteiger partial charge in [-0.2, -0.15) is 0 Å². The van der Waals surface area contributed by atoms with Crippen LogP contribution in [-0.4, -0.2) is 66.4 Å². The van der Waals surface area contributed by atoms with Crippen LogP contribution in [0.5, 0.6) is 0 Å². The topological polar surface area (TPSA) is 99.8 Å². The largest absolute Gasteiger partial charge is 0.392 e. The molecule has 3 aromatic heterocycles. The second kappa shape index (κ2) is 8.35. The Kier molecular flexibility index (Phi) is 5.24. The fourth-order valence-electron chi connectivity index (χ4n) is 3.93. The Morgan fingerprint density at radius 1 is 1.06 bits per heavy atom. The van der Waals surface area contributed by atoms with E-state index in [1.54, 1.807) is 25.5 Å². The number of aromatic nitrogens is 5. The maximum absolute atomic E-state index is 11.6. The van der Waals surface area contributed by atoms with E-state index >= 15 is 0 Å². The van der Waals surface area contributed by atoms with Gasteiger partial charge in [-0.25, -0.2) is 15.0 Å². The average molecular weight is 429 g/mol. The lowest BCUT2D eigenvalue weighted by molar-refractivity contribution is -0.129. The molecule has 32 heavy (non-hydrogen) atoms. The van der Waals surface area contributed by atoms with E-state index in [9.17, 15) is 9.90 Å². The molecular weight excluding hydrogens is 406 g/mol. The zero-order chi connectivity index (χ0) is 22.1. The second-order valence-corrected chi connectivity index (χ2v) is 7.73. The Balaban J connectivity index is 1.47. The van der Waals surface area contributed by atoms with Gasteiger partial charge in [0.15, 0.2) is 11.5 Å². The highest BCUT2D eigenvalue weighted by atomic mass is 16.3. The van der Waals surface area contributed by atoms with Crippen molar-refractivity contribution in [2.24, 2.45) is 0 Å². The first-order valence-corrected chi connectivity index (χ1v) is 10.5. The number of carbonyl (C=O) groups excluding carboxylic acids is 1. The van der Waals surface area contributed by atoms with Gasteiger partial charge in [-0.3, -0.25) is 14.2 Å². The number of aliphatic hydroxyl groups excluding tert-OH is 1. The normalized spacial score (nSPS) is 14.2. The Hall–Kier alpha value is -3.85. The minimum atomic E-state index is -0.0201. The predicted octanol–water partition coefficient (Wildman–Crippen LogP) is 2.01. The first-order valence-electron chi connectivity index (χ1n) is 10.5. The van der Waals surface area contributed by atoms with Crippen molar-refractivity contribution in [1.29, 1.82) is 0 Å². The van der Waals surface area contributed by atoms with Crippen molar-refractivity contribution in [3.05, 3.63) is 60.7 Å². The summed E-state index contributed by atoms with van der Waals surface area (Å²) in [6.45, 7) is 4.43. The van der Waals surface area contributed by atoms with Crippen molar-refractivity contribution in [3.8, 4) is 22.8 Å². The number of benzene rings is 1. The average Bonchev–Trinajstić information content (AvgIpc) is 3.27. The number of hydrogen-bond donors (Lipinski definition) is 1. The number of anilines is 1. The van der Waals surface area contributed by atoms with Crippen LogP contribution in [0.25, 0.3) is 28.4 Å². The third-order valence-corrected chi connectivity index (χ3v) is 5.72. The third kappa shape index (κ3) is 3.78. The van der Waals surface area contributed by atoms with Gasteiger partial charge in [-0.15, -0.1) is 0 Å². The molecule has 1 N–H and O–H groups in total. The number of nitrogens with zero attached hydrogens (tertiary/aromatic N) is 7. The Bertz CT molecular complexity index is 1280. The first kappa shape index (κ1) is 20.1. The van der Waals surface area contributed by atoms with E-state index in [0.717, 1.165) is 41.4 Å². The molecule has 1 fully saturated rings. The lowest BCUT2D eigenvalue weighted by atomic mass is 10.1. The van der Waals surface area contributed by atoms with E-state index in [-0.39, 0.29) is 12.5 Å². The van der Waals surface area contributed by atoms with E-state index in [4.69, 9.17) is 4.98 Å². The molecule has 1 aliphatic heterocycles. The summed E-state index contributed by atoms with van der Waals surface area (Å²) in [4.78, 5) is 33.9. The Labute approximate surface area is 185 Å². The third-order valence-electron chi connectivity index (χ3n) is 5.72. The molecule has 0 aliphatic carbocycles. The summed E-state index contributed by atoms with van der Waals surface area (Å²) in [5.41, 5.74) is 3.98. The molecule has 4 heterocycles. The van der Waals surface area contributed by atoms with Crippen LogP contribution in [0.15, 0.2) is 55.1 Å². The van der Waals surface area contributed by atoms with E-state index in [1.165, 1.54) is 0 Å². The summed E-state index contributed by atoms with van der Waals surface area (Å²) in [7, 11) is 0. The summed E-state index contributed by atoms with van der Waals surface area (Å²) in [6.07, 6.45) is 7.13. The molecule has 162 valence electrons. The summed E-state index contributed by atoms with van der Waals surface area (Å²) >= 11 is 0. The van der Waals surface area contributed by atoms with Crippen LogP contribution >= 0.6 is 0 Å². The van der Waals surface area contributed by atoms with Gasteiger partial charge in [0.05, 0.1) is 24.7 Å². The fraction of sp³-hybridized carbons (Fsp3) is 0.261. The van der Waals surface area contributed by atoms with Gasteiger partial charge in [-0.1, -0.05) is 18.2 Å². The highest BCUT2D eigenvalue weighted by Crippen LogP contribution is 2.24. The van der Waals surface area contributed by atoms with Gasteiger partial charge in [0, 0.05) is 51.1 Å². The maximum Gasteiger partial charge on any atom is 0.219 e. The molecule has 1 aromatic carbocycles. The number of fused-ring (bicyclic) bond motifs is 1. The molecule has 0 spiro atoms. The van der Waals surface area contributed by atoms with Crippen LogP contribution in [0.1, 0.15) is 12.5 Å². The van der Waals surface area contributed by atoms with Crippen molar-refractivity contribution in [2.75, 3.05) is 31.1 Å². The fourth-order valence-corrected chi connectivity index (χ4v) is 3.93. The zero-order valence-electron chi connectivity index (χ0n) is 17.7. The number of amides is 1. The lowest BCUT2D eigenvalue weighted by Gasteiger charge is -2.34. The van der Waals surface area contributed by atoms with Gasteiger partial charge in [-0.05, 0) is 17.7 Å². The van der Waals surface area contributed by atoms with E-state index in [2.05, 4.69) is 19.9 Å². The molecule has 9 heteroatoms. The first-order chi connectivity index (χ1) is 15.6. The Morgan fingerprint density at radius 2 is 1.91 bits per heavy atom. The lowest BCUT2D eigenvalue weighted by Crippen LogP contribution is -2.48. The summed E-state index contributed by atoms with van der Waals surface area (Å²) in [5.74, 6) is 1.51. The van der Waals surface area contributed by atoms with E-state index in [0.29, 0.717) is 24.6 Å². The minimum Gasteiger partial charge on any atom is -0.392 e. The molecule has 5 rings (SSSR count). The number of piperazine rings is 1. The van der Waals surface area contributed by atoms with Crippen molar-refractivity contribution < 1.29 is 9.90 Å². The standard InChI is InChI=1S/C23H23N7O2/c1-16(32)28-7-9-29(10-8-28)21-5-6-24-23(27-21)20-12-26-22-13-25-19(14-30(20)22)18-4-2-3-17(11-18)15-31/h2-6,11-14,31H,7-10,15H2,1H3.